The Hall–Kier alpha value is -1.62. The zero-order chi connectivity index (χ0) is 11.1. The molecule has 0 aliphatic heterocycles. The Labute approximate surface area is 86.8 Å². The summed E-state index contributed by atoms with van der Waals surface area (Å²) in [4.78, 5) is 6.39. The van der Waals surface area contributed by atoms with Crippen molar-refractivity contribution >= 4 is 0 Å². The lowest BCUT2D eigenvalue weighted by atomic mass is 10.0. The summed E-state index contributed by atoms with van der Waals surface area (Å²) in [5, 5.41) is 22.5. The van der Waals surface area contributed by atoms with E-state index in [4.69, 9.17) is 5.53 Å². The molecule has 0 radical (unpaired) electrons. The highest BCUT2D eigenvalue weighted by molar-refractivity contribution is 5.12. The monoisotopic (exact) mass is 208 g/mol. The molecule has 1 rings (SSSR count). The maximum atomic E-state index is 9.66. The molecule has 0 amide bonds. The molecule has 0 fully saturated rings. The van der Waals surface area contributed by atoms with Crippen LogP contribution in [0.5, 0.6) is 0 Å². The number of aromatic nitrogens is 1. The fourth-order valence-corrected chi connectivity index (χ4v) is 1.17. The van der Waals surface area contributed by atoms with Crippen LogP contribution in [0.2, 0.25) is 0 Å². The highest BCUT2D eigenvalue weighted by Crippen LogP contribution is 2.17. The predicted octanol–water partition coefficient (Wildman–Crippen LogP) is 1.18. The Kier molecular flexibility index (Phi) is 4.56. The van der Waals surface area contributed by atoms with Gasteiger partial charge in [0.25, 0.3) is 0 Å². The van der Waals surface area contributed by atoms with Crippen LogP contribution in [0.4, 0.5) is 0 Å². The van der Waals surface area contributed by atoms with Crippen molar-refractivity contribution in [3.8, 4) is 0 Å². The standard InChI is InChI=1S/C9H12N4O2/c10-13-12-5-3-8(14)9(15)7-2-1-4-11-6-7/h1-2,4,6,8-9,14-15H,3,5H2. The molecule has 6 heteroatoms. The Balaban J connectivity index is 2.53. The molecule has 0 bridgehead atoms. The lowest BCUT2D eigenvalue weighted by Gasteiger charge is -2.16. The van der Waals surface area contributed by atoms with Gasteiger partial charge in [0.2, 0.25) is 0 Å². The molecule has 6 nitrogen and oxygen atoms in total. The normalized spacial score (nSPS) is 14.0. The molecule has 2 N–H and O–H groups in total. The fraction of sp³-hybridized carbons (Fsp3) is 0.444. The van der Waals surface area contributed by atoms with Gasteiger partial charge >= 0.3 is 0 Å². The van der Waals surface area contributed by atoms with E-state index < -0.39 is 12.2 Å². The van der Waals surface area contributed by atoms with Gasteiger partial charge in [-0.15, -0.1) is 0 Å². The third-order valence-electron chi connectivity index (χ3n) is 1.98. The molecular formula is C9H12N4O2. The summed E-state index contributed by atoms with van der Waals surface area (Å²) >= 11 is 0. The number of aliphatic hydroxyl groups excluding tert-OH is 2. The number of hydrogen-bond acceptors (Lipinski definition) is 4. The van der Waals surface area contributed by atoms with Gasteiger partial charge in [0.05, 0.1) is 6.10 Å². The number of azide groups is 1. The van der Waals surface area contributed by atoms with Gasteiger partial charge < -0.3 is 10.2 Å². The van der Waals surface area contributed by atoms with Gasteiger partial charge in [-0.05, 0) is 18.0 Å². The molecule has 80 valence electrons. The lowest BCUT2D eigenvalue weighted by molar-refractivity contribution is 0.0148. The van der Waals surface area contributed by atoms with E-state index in [2.05, 4.69) is 15.0 Å². The predicted molar refractivity (Wildman–Crippen MR) is 53.8 cm³/mol. The lowest BCUT2D eigenvalue weighted by Crippen LogP contribution is -2.19. The van der Waals surface area contributed by atoms with Crippen LogP contribution in [0.15, 0.2) is 29.6 Å². The third kappa shape index (κ3) is 3.55. The molecule has 1 heterocycles. The number of nitrogens with zero attached hydrogens (tertiary/aromatic N) is 4. The van der Waals surface area contributed by atoms with Gasteiger partial charge in [0, 0.05) is 29.4 Å². The van der Waals surface area contributed by atoms with E-state index in [1.54, 1.807) is 18.3 Å². The van der Waals surface area contributed by atoms with Gasteiger partial charge in [-0.25, -0.2) is 0 Å². The summed E-state index contributed by atoms with van der Waals surface area (Å²) in [5.74, 6) is 0. The molecule has 0 aliphatic rings. The van der Waals surface area contributed by atoms with Gasteiger partial charge in [0.1, 0.15) is 6.10 Å². The molecule has 1 aromatic rings. The molecule has 0 aromatic carbocycles. The van der Waals surface area contributed by atoms with E-state index in [-0.39, 0.29) is 13.0 Å². The van der Waals surface area contributed by atoms with E-state index >= 15 is 0 Å². The molecule has 15 heavy (non-hydrogen) atoms. The maximum Gasteiger partial charge on any atom is 0.106 e. The minimum atomic E-state index is -0.993. The quantitative estimate of drug-likeness (QED) is 0.431. The van der Waals surface area contributed by atoms with Crippen LogP contribution < -0.4 is 0 Å². The first kappa shape index (κ1) is 11.5. The van der Waals surface area contributed by atoms with Crippen molar-refractivity contribution in [3.05, 3.63) is 40.5 Å². The van der Waals surface area contributed by atoms with E-state index in [0.29, 0.717) is 5.56 Å². The maximum absolute atomic E-state index is 9.66. The van der Waals surface area contributed by atoms with E-state index in [0.717, 1.165) is 0 Å². The Morgan fingerprint density at radius 2 is 2.33 bits per heavy atom. The van der Waals surface area contributed by atoms with Crippen LogP contribution >= 0.6 is 0 Å². The topological polar surface area (TPSA) is 102 Å². The SMILES string of the molecule is [N-]=[N+]=NCCC(O)C(O)c1cccnc1. The van der Waals surface area contributed by atoms with Crippen molar-refractivity contribution in [2.75, 3.05) is 6.54 Å². The van der Waals surface area contributed by atoms with Crippen LogP contribution in [0.25, 0.3) is 10.4 Å². The smallest absolute Gasteiger partial charge is 0.106 e. The first-order chi connectivity index (χ1) is 7.25. The second-order valence-corrected chi connectivity index (χ2v) is 3.04. The molecule has 0 saturated carbocycles. The van der Waals surface area contributed by atoms with E-state index in [1.165, 1.54) is 6.20 Å². The molecular weight excluding hydrogens is 196 g/mol. The number of rotatable bonds is 5. The van der Waals surface area contributed by atoms with Gasteiger partial charge in [-0.2, -0.15) is 0 Å². The minimum absolute atomic E-state index is 0.162. The van der Waals surface area contributed by atoms with Crippen LogP contribution in [-0.2, 0) is 0 Å². The van der Waals surface area contributed by atoms with Crippen LogP contribution in [-0.4, -0.2) is 27.8 Å². The van der Waals surface area contributed by atoms with Crippen molar-refractivity contribution in [2.24, 2.45) is 5.11 Å². The number of aliphatic hydroxyl groups is 2. The fourth-order valence-electron chi connectivity index (χ4n) is 1.17. The van der Waals surface area contributed by atoms with Crippen molar-refractivity contribution in [1.82, 2.24) is 4.98 Å². The minimum Gasteiger partial charge on any atom is -0.390 e. The van der Waals surface area contributed by atoms with Crippen molar-refractivity contribution in [3.63, 3.8) is 0 Å². The molecule has 0 aliphatic carbocycles. The average molecular weight is 208 g/mol. The molecule has 0 saturated heterocycles. The summed E-state index contributed by atoms with van der Waals surface area (Å²) in [6, 6.07) is 3.35. The second kappa shape index (κ2) is 5.98. The summed E-state index contributed by atoms with van der Waals surface area (Å²) in [6.07, 6.45) is 1.36. The highest BCUT2D eigenvalue weighted by Gasteiger charge is 2.17. The number of pyridine rings is 1. The molecule has 0 spiro atoms. The van der Waals surface area contributed by atoms with E-state index in [9.17, 15) is 10.2 Å². The Bertz CT molecular complexity index is 337. The molecule has 2 unspecified atom stereocenters. The summed E-state index contributed by atoms with van der Waals surface area (Å²) in [5.41, 5.74) is 8.59. The largest absolute Gasteiger partial charge is 0.390 e. The molecule has 1 aromatic heterocycles. The van der Waals surface area contributed by atoms with Gasteiger partial charge in [0.15, 0.2) is 0 Å². The zero-order valence-electron chi connectivity index (χ0n) is 8.06. The summed E-state index contributed by atoms with van der Waals surface area (Å²) < 4.78 is 0. The van der Waals surface area contributed by atoms with E-state index in [1.807, 2.05) is 0 Å². The zero-order valence-corrected chi connectivity index (χ0v) is 8.06. The van der Waals surface area contributed by atoms with Gasteiger partial charge in [-0.1, -0.05) is 11.2 Å². The first-order valence-electron chi connectivity index (χ1n) is 4.52. The summed E-state index contributed by atoms with van der Waals surface area (Å²) in [7, 11) is 0. The van der Waals surface area contributed by atoms with Gasteiger partial charge in [-0.3, -0.25) is 4.98 Å². The first-order valence-corrected chi connectivity index (χ1v) is 4.52. The number of hydrogen-bond donors (Lipinski definition) is 2. The highest BCUT2D eigenvalue weighted by atomic mass is 16.3. The van der Waals surface area contributed by atoms with Crippen molar-refractivity contribution < 1.29 is 10.2 Å². The van der Waals surface area contributed by atoms with Crippen LogP contribution in [0.1, 0.15) is 18.1 Å². The van der Waals surface area contributed by atoms with Crippen LogP contribution in [0, 0.1) is 0 Å². The average Bonchev–Trinajstić information content (AvgIpc) is 2.29. The summed E-state index contributed by atoms with van der Waals surface area (Å²) in [6.45, 7) is 0.162. The third-order valence-corrected chi connectivity index (χ3v) is 1.98. The van der Waals surface area contributed by atoms with Crippen molar-refractivity contribution in [2.45, 2.75) is 18.6 Å². The Morgan fingerprint density at radius 1 is 1.53 bits per heavy atom. The van der Waals surface area contributed by atoms with Crippen LogP contribution in [0.3, 0.4) is 0 Å². The molecule has 2 atom stereocenters. The second-order valence-electron chi connectivity index (χ2n) is 3.04. The Morgan fingerprint density at radius 3 is 2.93 bits per heavy atom. The van der Waals surface area contributed by atoms with Crippen molar-refractivity contribution in [1.29, 1.82) is 0 Å².